The Morgan fingerprint density at radius 2 is 1.88 bits per heavy atom. The fraction of sp³-hybridized carbons (Fsp3) is 0.200. The second kappa shape index (κ2) is 6.09. The van der Waals surface area contributed by atoms with Crippen LogP contribution in [0.1, 0.15) is 22.6 Å². The van der Waals surface area contributed by atoms with Crippen molar-refractivity contribution in [3.8, 4) is 11.1 Å². The molecule has 0 aliphatic heterocycles. The molecule has 0 saturated heterocycles. The topological polar surface area (TPSA) is 66.7 Å². The Labute approximate surface area is 146 Å². The molecule has 5 nitrogen and oxygen atoms in total. The number of hydrogen-bond donors (Lipinski definition) is 2. The van der Waals surface area contributed by atoms with Crippen LogP contribution in [0.15, 0.2) is 47.0 Å². The summed E-state index contributed by atoms with van der Waals surface area (Å²) in [4.78, 5) is 8.06. The Morgan fingerprint density at radius 3 is 2.60 bits per heavy atom. The van der Waals surface area contributed by atoms with Gasteiger partial charge in [0.1, 0.15) is 5.76 Å². The minimum absolute atomic E-state index is 0.733. The molecule has 0 aliphatic rings. The lowest BCUT2D eigenvalue weighted by molar-refractivity contribution is 0.393. The van der Waals surface area contributed by atoms with Gasteiger partial charge in [-0.3, -0.25) is 0 Å². The van der Waals surface area contributed by atoms with E-state index in [1.165, 1.54) is 5.56 Å². The van der Waals surface area contributed by atoms with E-state index in [1.807, 2.05) is 32.0 Å². The lowest BCUT2D eigenvalue weighted by atomic mass is 10.0. The van der Waals surface area contributed by atoms with Crippen LogP contribution in [-0.2, 0) is 6.54 Å². The minimum atomic E-state index is 0.733. The molecule has 0 unspecified atom stereocenters. The second-order valence-electron chi connectivity index (χ2n) is 6.31. The Bertz CT molecular complexity index is 1010. The van der Waals surface area contributed by atoms with Gasteiger partial charge in [-0.1, -0.05) is 35.5 Å². The predicted molar refractivity (Wildman–Crippen MR) is 99.6 cm³/mol. The number of fused-ring (bicyclic) bond motifs is 1. The van der Waals surface area contributed by atoms with Crippen LogP contribution in [0.5, 0.6) is 0 Å². The quantitative estimate of drug-likeness (QED) is 0.566. The number of nitrogens with one attached hydrogen (secondary N) is 2. The first-order valence-corrected chi connectivity index (χ1v) is 8.33. The van der Waals surface area contributed by atoms with Gasteiger partial charge in [-0.25, -0.2) is 4.98 Å². The van der Waals surface area contributed by atoms with E-state index >= 15 is 0 Å². The molecule has 2 aromatic heterocycles. The molecule has 2 N–H and O–H groups in total. The first-order chi connectivity index (χ1) is 12.1. The van der Waals surface area contributed by atoms with Crippen molar-refractivity contribution in [3.63, 3.8) is 0 Å². The van der Waals surface area contributed by atoms with E-state index < -0.39 is 0 Å². The highest BCUT2D eigenvalue weighted by atomic mass is 16.5. The Kier molecular flexibility index (Phi) is 3.76. The van der Waals surface area contributed by atoms with Crippen molar-refractivity contribution in [2.75, 3.05) is 5.32 Å². The van der Waals surface area contributed by atoms with Crippen molar-refractivity contribution >= 4 is 17.0 Å². The SMILES string of the molecule is Cc1noc(C)c1-c1cc(C)c2nc(NCc3ccccc3)[nH]c2c1. The van der Waals surface area contributed by atoms with Crippen molar-refractivity contribution < 1.29 is 4.52 Å². The van der Waals surface area contributed by atoms with Gasteiger partial charge in [0.2, 0.25) is 5.95 Å². The molecule has 0 radical (unpaired) electrons. The number of aromatic nitrogens is 3. The number of aryl methyl sites for hydroxylation is 3. The van der Waals surface area contributed by atoms with Crippen LogP contribution in [0.25, 0.3) is 22.2 Å². The number of hydrogen-bond acceptors (Lipinski definition) is 4. The third-order valence-electron chi connectivity index (χ3n) is 4.40. The summed E-state index contributed by atoms with van der Waals surface area (Å²) in [7, 11) is 0. The van der Waals surface area contributed by atoms with Crippen molar-refractivity contribution in [1.82, 2.24) is 15.1 Å². The van der Waals surface area contributed by atoms with Gasteiger partial charge in [0, 0.05) is 12.1 Å². The maximum atomic E-state index is 5.31. The highest BCUT2D eigenvalue weighted by molar-refractivity contribution is 5.87. The molecule has 0 amide bonds. The van der Waals surface area contributed by atoms with Crippen molar-refractivity contribution in [2.45, 2.75) is 27.3 Å². The number of benzene rings is 2. The number of rotatable bonds is 4. The average molecular weight is 332 g/mol. The van der Waals surface area contributed by atoms with Crippen molar-refractivity contribution in [1.29, 1.82) is 0 Å². The lowest BCUT2D eigenvalue weighted by Crippen LogP contribution is -2.00. The third kappa shape index (κ3) is 2.89. The van der Waals surface area contributed by atoms with E-state index in [0.29, 0.717) is 0 Å². The molecule has 0 aliphatic carbocycles. The maximum Gasteiger partial charge on any atom is 0.201 e. The van der Waals surface area contributed by atoms with Crippen LogP contribution in [-0.4, -0.2) is 15.1 Å². The molecule has 2 heterocycles. The van der Waals surface area contributed by atoms with E-state index in [2.05, 4.69) is 51.6 Å². The molecule has 0 spiro atoms. The molecule has 4 aromatic rings. The molecule has 25 heavy (non-hydrogen) atoms. The van der Waals surface area contributed by atoms with E-state index in [4.69, 9.17) is 4.52 Å². The van der Waals surface area contributed by atoms with Crippen LogP contribution >= 0.6 is 0 Å². The zero-order valence-corrected chi connectivity index (χ0v) is 14.6. The van der Waals surface area contributed by atoms with Crippen LogP contribution in [0.2, 0.25) is 0 Å². The van der Waals surface area contributed by atoms with Crippen LogP contribution in [0.3, 0.4) is 0 Å². The second-order valence-corrected chi connectivity index (χ2v) is 6.31. The molecule has 0 atom stereocenters. The summed E-state index contributed by atoms with van der Waals surface area (Å²) in [6, 6.07) is 14.5. The summed E-state index contributed by atoms with van der Waals surface area (Å²) in [5.74, 6) is 1.61. The molecular formula is C20H20N4O. The Balaban J connectivity index is 1.68. The molecule has 4 rings (SSSR count). The summed E-state index contributed by atoms with van der Waals surface area (Å²) in [5.41, 5.74) is 7.38. The zero-order chi connectivity index (χ0) is 17.4. The van der Waals surface area contributed by atoms with E-state index in [9.17, 15) is 0 Å². The van der Waals surface area contributed by atoms with Gasteiger partial charge in [0.25, 0.3) is 0 Å². The van der Waals surface area contributed by atoms with Crippen LogP contribution in [0.4, 0.5) is 5.95 Å². The van der Waals surface area contributed by atoms with Gasteiger partial charge < -0.3 is 14.8 Å². The summed E-state index contributed by atoms with van der Waals surface area (Å²) in [5, 5.41) is 7.41. The highest BCUT2D eigenvalue weighted by Gasteiger charge is 2.14. The summed E-state index contributed by atoms with van der Waals surface area (Å²) < 4.78 is 5.31. The number of anilines is 1. The van der Waals surface area contributed by atoms with E-state index in [-0.39, 0.29) is 0 Å². The molecular weight excluding hydrogens is 312 g/mol. The van der Waals surface area contributed by atoms with E-state index in [0.717, 1.165) is 51.7 Å². The highest BCUT2D eigenvalue weighted by Crippen LogP contribution is 2.31. The van der Waals surface area contributed by atoms with E-state index in [1.54, 1.807) is 0 Å². The zero-order valence-electron chi connectivity index (χ0n) is 14.6. The normalized spacial score (nSPS) is 11.2. The lowest BCUT2D eigenvalue weighted by Gasteiger charge is -2.03. The smallest absolute Gasteiger partial charge is 0.201 e. The predicted octanol–water partition coefficient (Wildman–Crippen LogP) is 4.76. The molecule has 0 bridgehead atoms. The standard InChI is InChI=1S/C20H20N4O/c1-12-9-16(18-13(2)24-25-14(18)3)10-17-19(12)23-20(22-17)21-11-15-7-5-4-6-8-15/h4-10H,11H2,1-3H3,(H2,21,22,23). The summed E-state index contributed by atoms with van der Waals surface area (Å²) >= 11 is 0. The Hall–Kier alpha value is -3.08. The first-order valence-electron chi connectivity index (χ1n) is 8.33. The van der Waals surface area contributed by atoms with Gasteiger partial charge in [0.15, 0.2) is 0 Å². The fourth-order valence-electron chi connectivity index (χ4n) is 3.20. The molecule has 0 fully saturated rings. The van der Waals surface area contributed by atoms with Gasteiger partial charge in [-0.15, -0.1) is 0 Å². The fourth-order valence-corrected chi connectivity index (χ4v) is 3.20. The third-order valence-corrected chi connectivity index (χ3v) is 4.40. The first kappa shape index (κ1) is 15.4. The molecule has 126 valence electrons. The van der Waals surface area contributed by atoms with Gasteiger partial charge in [0.05, 0.1) is 16.7 Å². The van der Waals surface area contributed by atoms with Gasteiger partial charge in [-0.05, 0) is 49.6 Å². The van der Waals surface area contributed by atoms with Crippen LogP contribution in [0, 0.1) is 20.8 Å². The number of imidazole rings is 1. The van der Waals surface area contributed by atoms with Gasteiger partial charge in [-0.2, -0.15) is 0 Å². The average Bonchev–Trinajstić information content (AvgIpc) is 3.17. The largest absolute Gasteiger partial charge is 0.361 e. The monoisotopic (exact) mass is 332 g/mol. The molecule has 5 heteroatoms. The number of nitrogens with zero attached hydrogens (tertiary/aromatic N) is 2. The van der Waals surface area contributed by atoms with Crippen molar-refractivity contribution in [3.05, 3.63) is 65.0 Å². The van der Waals surface area contributed by atoms with Crippen molar-refractivity contribution in [2.24, 2.45) is 0 Å². The van der Waals surface area contributed by atoms with Gasteiger partial charge >= 0.3 is 0 Å². The minimum Gasteiger partial charge on any atom is -0.361 e. The summed E-state index contributed by atoms with van der Waals surface area (Å²) in [6.45, 7) is 6.71. The summed E-state index contributed by atoms with van der Waals surface area (Å²) in [6.07, 6.45) is 0. The number of aromatic amines is 1. The molecule has 0 saturated carbocycles. The number of H-pyrrole nitrogens is 1. The van der Waals surface area contributed by atoms with Crippen LogP contribution < -0.4 is 5.32 Å². The molecule has 2 aromatic carbocycles. The maximum absolute atomic E-state index is 5.31. The Morgan fingerprint density at radius 1 is 1.08 bits per heavy atom.